The van der Waals surface area contributed by atoms with Crippen LogP contribution < -0.4 is 0 Å². The predicted octanol–water partition coefficient (Wildman–Crippen LogP) is 6.22. The average molecular weight is 368 g/mol. The standard InChI is InChI=1S/C20H21.CH3.Zr/c1-4-6-17-13-20-18(15(17)3)7-5-8-19(20)16-11-9-14(2)10-12-16;;/h5,7-13,15H,3-4,6H2,1-2H3;1H3;/q2*-1;+2. The first-order chi connectivity index (χ1) is 9.70. The predicted molar refractivity (Wildman–Crippen MR) is 94.0 cm³/mol. The van der Waals surface area contributed by atoms with Crippen LogP contribution in [0.3, 0.4) is 0 Å². The van der Waals surface area contributed by atoms with Gasteiger partial charge in [-0.05, 0) is 30.0 Å². The van der Waals surface area contributed by atoms with Crippen LogP contribution in [0.4, 0.5) is 0 Å². The zero-order valence-corrected chi connectivity index (χ0v) is 16.3. The van der Waals surface area contributed by atoms with E-state index in [4.69, 9.17) is 0 Å². The number of aryl methyl sites for hydroxylation is 1. The normalized spacial score (nSPS) is 15.4. The Morgan fingerprint density at radius 1 is 1.05 bits per heavy atom. The van der Waals surface area contributed by atoms with Crippen LogP contribution in [0.1, 0.15) is 42.4 Å². The fourth-order valence-electron chi connectivity index (χ4n) is 3.05. The van der Waals surface area contributed by atoms with Crippen molar-refractivity contribution in [1.82, 2.24) is 0 Å². The first-order valence-electron chi connectivity index (χ1n) is 7.44. The Hall–Kier alpha value is -0.937. The second kappa shape index (κ2) is 8.07. The van der Waals surface area contributed by atoms with Gasteiger partial charge in [-0.15, -0.1) is 5.92 Å². The van der Waals surface area contributed by atoms with Gasteiger partial charge >= 0.3 is 26.2 Å². The molecule has 0 bridgehead atoms. The SMILES string of the molecule is [CH2-]C1C(CCC)=Cc2c(-c3ccc(C)cc3)cccc21.[CH3-].[Zr+2]. The molecule has 2 aromatic carbocycles. The van der Waals surface area contributed by atoms with E-state index in [1.165, 1.54) is 39.8 Å². The van der Waals surface area contributed by atoms with E-state index < -0.39 is 0 Å². The molecule has 1 heteroatoms. The summed E-state index contributed by atoms with van der Waals surface area (Å²) in [4.78, 5) is 0. The third-order valence-electron chi connectivity index (χ3n) is 4.19. The van der Waals surface area contributed by atoms with Crippen molar-refractivity contribution >= 4 is 6.08 Å². The van der Waals surface area contributed by atoms with Crippen molar-refractivity contribution in [3.8, 4) is 11.1 Å². The minimum Gasteiger partial charge on any atom is -0.358 e. The van der Waals surface area contributed by atoms with Gasteiger partial charge in [0.25, 0.3) is 0 Å². The molecule has 0 nitrogen and oxygen atoms in total. The van der Waals surface area contributed by atoms with Crippen molar-refractivity contribution in [3.05, 3.63) is 79.1 Å². The molecule has 0 fully saturated rings. The Morgan fingerprint density at radius 3 is 2.36 bits per heavy atom. The van der Waals surface area contributed by atoms with Crippen LogP contribution >= 0.6 is 0 Å². The number of hydrogen-bond acceptors (Lipinski definition) is 0. The molecule has 0 aliphatic heterocycles. The van der Waals surface area contributed by atoms with E-state index in [1.54, 1.807) is 0 Å². The third-order valence-corrected chi connectivity index (χ3v) is 4.19. The molecular formula is C21H24Zr. The van der Waals surface area contributed by atoms with Gasteiger partial charge in [-0.25, -0.2) is 0 Å². The molecule has 0 saturated heterocycles. The van der Waals surface area contributed by atoms with Gasteiger partial charge in [0, 0.05) is 0 Å². The van der Waals surface area contributed by atoms with Gasteiger partial charge in [0.1, 0.15) is 0 Å². The molecule has 1 unspecified atom stereocenters. The summed E-state index contributed by atoms with van der Waals surface area (Å²) in [5, 5.41) is 0. The van der Waals surface area contributed by atoms with Gasteiger partial charge in [-0.1, -0.05) is 78.6 Å². The van der Waals surface area contributed by atoms with Gasteiger partial charge in [0.05, 0.1) is 0 Å². The Balaban J connectivity index is 0.00000121. The molecule has 0 N–H and O–H groups in total. The minimum atomic E-state index is 0. The first-order valence-corrected chi connectivity index (χ1v) is 7.44. The summed E-state index contributed by atoms with van der Waals surface area (Å²) in [5.74, 6) is 0.329. The maximum absolute atomic E-state index is 4.36. The van der Waals surface area contributed by atoms with E-state index in [9.17, 15) is 0 Å². The molecule has 3 rings (SSSR count). The van der Waals surface area contributed by atoms with E-state index in [-0.39, 0.29) is 33.6 Å². The number of allylic oxidation sites excluding steroid dienone is 1. The number of hydrogen-bond donors (Lipinski definition) is 0. The van der Waals surface area contributed by atoms with E-state index in [0.29, 0.717) is 5.92 Å². The molecule has 1 aliphatic rings. The first kappa shape index (κ1) is 19.1. The zero-order chi connectivity index (χ0) is 14.1. The molecule has 1 atom stereocenters. The van der Waals surface area contributed by atoms with Crippen molar-refractivity contribution in [3.63, 3.8) is 0 Å². The molecule has 0 amide bonds. The van der Waals surface area contributed by atoms with Crippen LogP contribution in [0.2, 0.25) is 0 Å². The van der Waals surface area contributed by atoms with Crippen molar-refractivity contribution in [2.24, 2.45) is 0 Å². The van der Waals surface area contributed by atoms with Crippen molar-refractivity contribution in [1.29, 1.82) is 0 Å². The van der Waals surface area contributed by atoms with Crippen LogP contribution in [0.25, 0.3) is 17.2 Å². The van der Waals surface area contributed by atoms with E-state index >= 15 is 0 Å². The third kappa shape index (κ3) is 3.52. The van der Waals surface area contributed by atoms with Crippen LogP contribution in [0.5, 0.6) is 0 Å². The fraction of sp³-hybridized carbons (Fsp3) is 0.238. The Kier molecular flexibility index (Phi) is 7.01. The molecule has 0 radical (unpaired) electrons. The van der Waals surface area contributed by atoms with Crippen molar-refractivity contribution < 1.29 is 26.2 Å². The topological polar surface area (TPSA) is 0 Å². The molecule has 0 saturated carbocycles. The molecular weight excluding hydrogens is 343 g/mol. The largest absolute Gasteiger partial charge is 2.00 e. The summed E-state index contributed by atoms with van der Waals surface area (Å²) in [7, 11) is 0. The molecule has 22 heavy (non-hydrogen) atoms. The monoisotopic (exact) mass is 366 g/mol. The summed E-state index contributed by atoms with van der Waals surface area (Å²) in [6.07, 6.45) is 4.70. The Morgan fingerprint density at radius 2 is 1.73 bits per heavy atom. The molecule has 112 valence electrons. The second-order valence-corrected chi connectivity index (χ2v) is 5.70. The second-order valence-electron chi connectivity index (χ2n) is 5.70. The maximum Gasteiger partial charge on any atom is 2.00 e. The Labute approximate surface area is 154 Å². The van der Waals surface area contributed by atoms with Gasteiger partial charge in [-0.2, -0.15) is 0 Å². The molecule has 1 aliphatic carbocycles. The summed E-state index contributed by atoms with van der Waals surface area (Å²) in [6.45, 7) is 8.72. The van der Waals surface area contributed by atoms with Crippen molar-refractivity contribution in [2.75, 3.05) is 0 Å². The smallest absolute Gasteiger partial charge is 0.358 e. The zero-order valence-electron chi connectivity index (χ0n) is 13.8. The number of benzene rings is 2. The van der Waals surface area contributed by atoms with E-state index in [1.807, 2.05) is 0 Å². The number of rotatable bonds is 3. The minimum absolute atomic E-state index is 0. The summed E-state index contributed by atoms with van der Waals surface area (Å²) < 4.78 is 0. The van der Waals surface area contributed by atoms with E-state index in [0.717, 1.165) is 6.42 Å². The Bertz CT molecular complexity index is 650. The summed E-state index contributed by atoms with van der Waals surface area (Å²) in [5.41, 5.74) is 8.17. The summed E-state index contributed by atoms with van der Waals surface area (Å²) >= 11 is 0. The van der Waals surface area contributed by atoms with Crippen LogP contribution in [-0.4, -0.2) is 0 Å². The van der Waals surface area contributed by atoms with E-state index in [2.05, 4.69) is 69.3 Å². The molecule has 2 aromatic rings. The maximum atomic E-state index is 4.36. The van der Waals surface area contributed by atoms with Gasteiger partial charge in [-0.3, -0.25) is 0 Å². The van der Waals surface area contributed by atoms with Crippen LogP contribution in [0.15, 0.2) is 48.0 Å². The van der Waals surface area contributed by atoms with Gasteiger partial charge < -0.3 is 14.4 Å². The fourth-order valence-corrected chi connectivity index (χ4v) is 3.05. The molecule has 0 heterocycles. The molecule has 0 aromatic heterocycles. The van der Waals surface area contributed by atoms with Gasteiger partial charge in [0.15, 0.2) is 0 Å². The van der Waals surface area contributed by atoms with Gasteiger partial charge in [0.2, 0.25) is 0 Å². The number of fused-ring (bicyclic) bond motifs is 1. The van der Waals surface area contributed by atoms with Crippen LogP contribution in [0, 0.1) is 21.3 Å². The average Bonchev–Trinajstić information content (AvgIpc) is 2.77. The van der Waals surface area contributed by atoms with Crippen molar-refractivity contribution in [2.45, 2.75) is 32.6 Å². The summed E-state index contributed by atoms with van der Waals surface area (Å²) in [6, 6.07) is 15.4. The quantitative estimate of drug-likeness (QED) is 0.565. The van der Waals surface area contributed by atoms with Crippen LogP contribution in [-0.2, 0) is 26.2 Å². The molecule has 0 spiro atoms.